The van der Waals surface area contributed by atoms with Gasteiger partial charge in [0.2, 0.25) is 0 Å². The lowest BCUT2D eigenvalue weighted by Gasteiger charge is -2.07. The van der Waals surface area contributed by atoms with Crippen LogP contribution in [0.25, 0.3) is 0 Å². The second-order valence-electron chi connectivity index (χ2n) is 4.69. The summed E-state index contributed by atoms with van der Waals surface area (Å²) < 4.78 is 29.2. The Labute approximate surface area is 147 Å². The molecule has 3 aromatic rings. The maximum Gasteiger partial charge on any atom is 0.271 e. The Morgan fingerprint density at radius 3 is 2.52 bits per heavy atom. The van der Waals surface area contributed by atoms with Gasteiger partial charge in [-0.1, -0.05) is 35.3 Å². The zero-order chi connectivity index (χ0) is 16.4. The normalized spacial score (nSPS) is 11.6. The van der Waals surface area contributed by atoms with Crippen molar-refractivity contribution >= 4 is 50.2 Å². The van der Waals surface area contributed by atoms with E-state index in [0.29, 0.717) is 12.2 Å². The number of hydrogen-bond acceptors (Lipinski definition) is 4. The highest BCUT2D eigenvalue weighted by Crippen LogP contribution is 2.35. The molecular formula is C14H11Cl2N3O2S2. The number of hydrogen-bond donors (Lipinski definition) is 1. The van der Waals surface area contributed by atoms with E-state index in [-0.39, 0.29) is 13.6 Å². The largest absolute Gasteiger partial charge is 0.279 e. The van der Waals surface area contributed by atoms with Crippen LogP contribution in [0.3, 0.4) is 0 Å². The molecule has 120 valence electrons. The van der Waals surface area contributed by atoms with E-state index >= 15 is 0 Å². The summed E-state index contributed by atoms with van der Waals surface area (Å²) in [4.78, 5) is 0. The first-order valence-corrected chi connectivity index (χ1v) is 9.53. The number of benzene rings is 1. The first-order chi connectivity index (χ1) is 10.9. The van der Waals surface area contributed by atoms with Gasteiger partial charge in [-0.3, -0.25) is 9.40 Å². The zero-order valence-corrected chi connectivity index (χ0v) is 14.8. The SMILES string of the molecule is O=S(=O)(Nc1ccc(Cn2cccn2)cc1)c1cc(Cl)c(Cl)s1. The Morgan fingerprint density at radius 1 is 1.22 bits per heavy atom. The topological polar surface area (TPSA) is 64.0 Å². The second kappa shape index (κ2) is 6.52. The molecule has 0 aliphatic rings. The van der Waals surface area contributed by atoms with Crippen LogP contribution in [0.2, 0.25) is 9.36 Å². The molecule has 1 N–H and O–H groups in total. The summed E-state index contributed by atoms with van der Waals surface area (Å²) in [7, 11) is -3.70. The molecular weight excluding hydrogens is 377 g/mol. The first kappa shape index (κ1) is 16.3. The number of anilines is 1. The first-order valence-electron chi connectivity index (χ1n) is 6.48. The lowest BCUT2D eigenvalue weighted by molar-refractivity contribution is 0.603. The van der Waals surface area contributed by atoms with Crippen molar-refractivity contribution in [2.45, 2.75) is 10.8 Å². The quantitative estimate of drug-likeness (QED) is 0.716. The molecule has 5 nitrogen and oxygen atoms in total. The standard InChI is InChI=1S/C14H11Cl2N3O2S2/c15-12-8-13(22-14(12)16)23(20,21)18-11-4-2-10(3-5-11)9-19-7-1-6-17-19/h1-8,18H,9H2. The molecule has 0 aliphatic heterocycles. The molecule has 0 fully saturated rings. The van der Waals surface area contributed by atoms with E-state index in [1.165, 1.54) is 6.07 Å². The van der Waals surface area contributed by atoms with Crippen molar-refractivity contribution in [3.8, 4) is 0 Å². The lowest BCUT2D eigenvalue weighted by atomic mass is 10.2. The summed E-state index contributed by atoms with van der Waals surface area (Å²) in [5, 5.41) is 4.35. The Bertz CT molecular complexity index is 885. The molecule has 2 aromatic heterocycles. The van der Waals surface area contributed by atoms with Crippen LogP contribution in [0, 0.1) is 0 Å². The van der Waals surface area contributed by atoms with Gasteiger partial charge in [-0.05, 0) is 29.8 Å². The molecule has 0 radical (unpaired) electrons. The Balaban J connectivity index is 1.75. The molecule has 3 rings (SSSR count). The van der Waals surface area contributed by atoms with Gasteiger partial charge in [0.15, 0.2) is 0 Å². The van der Waals surface area contributed by atoms with Gasteiger partial charge in [0.1, 0.15) is 8.55 Å². The van der Waals surface area contributed by atoms with Crippen molar-refractivity contribution in [2.24, 2.45) is 0 Å². The number of rotatable bonds is 5. The van der Waals surface area contributed by atoms with Crippen molar-refractivity contribution in [1.29, 1.82) is 0 Å². The summed E-state index contributed by atoms with van der Waals surface area (Å²) >= 11 is 12.5. The summed E-state index contributed by atoms with van der Waals surface area (Å²) in [6, 6.07) is 10.3. The summed E-state index contributed by atoms with van der Waals surface area (Å²) in [6.45, 7) is 0.621. The number of aromatic nitrogens is 2. The van der Waals surface area contributed by atoms with Crippen LogP contribution in [0.4, 0.5) is 5.69 Å². The van der Waals surface area contributed by atoms with Crippen molar-refractivity contribution in [3.05, 3.63) is 63.7 Å². The van der Waals surface area contributed by atoms with Gasteiger partial charge in [-0.2, -0.15) is 5.10 Å². The van der Waals surface area contributed by atoms with E-state index in [2.05, 4.69) is 9.82 Å². The molecule has 0 bridgehead atoms. The van der Waals surface area contributed by atoms with E-state index in [0.717, 1.165) is 16.9 Å². The van der Waals surface area contributed by atoms with E-state index in [1.54, 1.807) is 23.0 Å². The van der Waals surface area contributed by atoms with Gasteiger partial charge in [0, 0.05) is 18.1 Å². The number of nitrogens with one attached hydrogen (secondary N) is 1. The van der Waals surface area contributed by atoms with Crippen LogP contribution in [0.1, 0.15) is 5.56 Å². The maximum absolute atomic E-state index is 12.3. The third-order valence-corrected chi connectivity index (χ3v) is 6.72. The number of sulfonamides is 1. The molecule has 9 heteroatoms. The molecule has 23 heavy (non-hydrogen) atoms. The van der Waals surface area contributed by atoms with Crippen LogP contribution in [0.15, 0.2) is 53.0 Å². The van der Waals surface area contributed by atoms with Gasteiger partial charge in [0.05, 0.1) is 11.6 Å². The van der Waals surface area contributed by atoms with Gasteiger partial charge >= 0.3 is 0 Å². The third kappa shape index (κ3) is 3.87. The van der Waals surface area contributed by atoms with Crippen molar-refractivity contribution in [3.63, 3.8) is 0 Å². The number of thiophene rings is 1. The minimum Gasteiger partial charge on any atom is -0.279 e. The Hall–Kier alpha value is -1.54. The van der Waals surface area contributed by atoms with Crippen LogP contribution in [0.5, 0.6) is 0 Å². The predicted molar refractivity (Wildman–Crippen MR) is 92.9 cm³/mol. The third-order valence-electron chi connectivity index (χ3n) is 3.00. The Kier molecular flexibility index (Phi) is 4.63. The van der Waals surface area contributed by atoms with Crippen LogP contribution in [-0.2, 0) is 16.6 Å². The molecule has 0 amide bonds. The molecule has 0 unspecified atom stereocenters. The minimum atomic E-state index is -3.70. The highest BCUT2D eigenvalue weighted by atomic mass is 35.5. The molecule has 0 saturated carbocycles. The van der Waals surface area contributed by atoms with E-state index in [1.807, 2.05) is 24.4 Å². The molecule has 0 atom stereocenters. The fourth-order valence-electron chi connectivity index (χ4n) is 1.92. The number of halogens is 2. The van der Waals surface area contributed by atoms with Gasteiger partial charge < -0.3 is 0 Å². The second-order valence-corrected chi connectivity index (χ2v) is 8.66. The molecule has 0 spiro atoms. The fourth-order valence-corrected chi connectivity index (χ4v) is 4.86. The van der Waals surface area contributed by atoms with E-state index in [9.17, 15) is 8.42 Å². The average Bonchev–Trinajstić information content (AvgIpc) is 3.12. The van der Waals surface area contributed by atoms with Gasteiger partial charge in [-0.25, -0.2) is 8.42 Å². The summed E-state index contributed by atoms with van der Waals surface area (Å²) in [5.41, 5.74) is 1.48. The highest BCUT2D eigenvalue weighted by molar-refractivity contribution is 7.94. The molecule has 0 saturated heterocycles. The fraction of sp³-hybridized carbons (Fsp3) is 0.0714. The number of nitrogens with zero attached hydrogens (tertiary/aromatic N) is 2. The molecule has 1 aromatic carbocycles. The van der Waals surface area contributed by atoms with Gasteiger partial charge in [-0.15, -0.1) is 11.3 Å². The van der Waals surface area contributed by atoms with Gasteiger partial charge in [0.25, 0.3) is 10.0 Å². The predicted octanol–water partition coefficient (Wildman–Crippen LogP) is 4.10. The summed E-state index contributed by atoms with van der Waals surface area (Å²) in [5.74, 6) is 0. The monoisotopic (exact) mass is 387 g/mol. The highest BCUT2D eigenvalue weighted by Gasteiger charge is 2.19. The van der Waals surface area contributed by atoms with Crippen molar-refractivity contribution in [2.75, 3.05) is 4.72 Å². The maximum atomic E-state index is 12.3. The smallest absolute Gasteiger partial charge is 0.271 e. The van der Waals surface area contributed by atoms with E-state index < -0.39 is 10.0 Å². The molecule has 0 aliphatic carbocycles. The molecule has 2 heterocycles. The average molecular weight is 388 g/mol. The Morgan fingerprint density at radius 2 is 1.96 bits per heavy atom. The van der Waals surface area contributed by atoms with Crippen molar-refractivity contribution < 1.29 is 8.42 Å². The zero-order valence-electron chi connectivity index (χ0n) is 11.6. The van der Waals surface area contributed by atoms with E-state index in [4.69, 9.17) is 23.2 Å². The van der Waals surface area contributed by atoms with Crippen molar-refractivity contribution in [1.82, 2.24) is 9.78 Å². The minimum absolute atomic E-state index is 0.0770. The summed E-state index contributed by atoms with van der Waals surface area (Å²) in [6.07, 6.45) is 3.57. The van der Waals surface area contributed by atoms with Crippen LogP contribution >= 0.6 is 34.5 Å². The van der Waals surface area contributed by atoms with Crippen LogP contribution < -0.4 is 4.72 Å². The van der Waals surface area contributed by atoms with Crippen LogP contribution in [-0.4, -0.2) is 18.2 Å². The lowest BCUT2D eigenvalue weighted by Crippen LogP contribution is -2.11.